The molecule has 1 aromatic rings. The van der Waals surface area contributed by atoms with Gasteiger partial charge in [-0.2, -0.15) is 5.26 Å². The topological polar surface area (TPSA) is 50.1 Å². The monoisotopic (exact) mass is 281 g/mol. The smallest absolute Gasteiger partial charge is 0.337 e. The van der Waals surface area contributed by atoms with Gasteiger partial charge in [0, 0.05) is 11.8 Å². The summed E-state index contributed by atoms with van der Waals surface area (Å²) >= 11 is 3.37. The number of benzene rings is 1. The van der Waals surface area contributed by atoms with Gasteiger partial charge < -0.3 is 4.74 Å². The lowest BCUT2D eigenvalue weighted by molar-refractivity contribution is 0.0600. The minimum absolute atomic E-state index is 0.339. The molecule has 0 amide bonds. The summed E-state index contributed by atoms with van der Waals surface area (Å²) < 4.78 is 4.65. The summed E-state index contributed by atoms with van der Waals surface area (Å²) in [5.41, 5.74) is 2.65. The molecule has 0 aromatic heterocycles. The molecule has 4 heteroatoms. The van der Waals surface area contributed by atoms with E-state index in [0.717, 1.165) is 11.1 Å². The lowest BCUT2D eigenvalue weighted by Crippen LogP contribution is -2.03. The lowest BCUT2D eigenvalue weighted by atomic mass is 10.0. The highest BCUT2D eigenvalue weighted by atomic mass is 79.9. The number of ether oxygens (including phenoxy) is 1. The molecule has 0 atom stereocenters. The molecule has 0 saturated carbocycles. The summed E-state index contributed by atoms with van der Waals surface area (Å²) in [5.74, 6) is -0.339. The number of nitriles is 1. The van der Waals surface area contributed by atoms with E-state index in [1.807, 2.05) is 6.07 Å². The zero-order valence-corrected chi connectivity index (χ0v) is 10.6. The van der Waals surface area contributed by atoms with Gasteiger partial charge in [0.25, 0.3) is 0 Å². The SMILES string of the molecule is COC(=O)c1ccc(CCC#N)c(CBr)c1. The fourth-order valence-electron chi connectivity index (χ4n) is 1.43. The van der Waals surface area contributed by atoms with Gasteiger partial charge in [0.2, 0.25) is 0 Å². The van der Waals surface area contributed by atoms with Crippen LogP contribution < -0.4 is 0 Å². The van der Waals surface area contributed by atoms with E-state index in [2.05, 4.69) is 26.7 Å². The lowest BCUT2D eigenvalue weighted by Gasteiger charge is -2.07. The van der Waals surface area contributed by atoms with Gasteiger partial charge in [-0.15, -0.1) is 0 Å². The van der Waals surface area contributed by atoms with E-state index in [-0.39, 0.29) is 5.97 Å². The van der Waals surface area contributed by atoms with Crippen molar-refractivity contribution in [1.29, 1.82) is 5.26 Å². The van der Waals surface area contributed by atoms with Gasteiger partial charge in [0.1, 0.15) is 0 Å². The van der Waals surface area contributed by atoms with E-state index < -0.39 is 0 Å². The van der Waals surface area contributed by atoms with Crippen molar-refractivity contribution in [3.63, 3.8) is 0 Å². The second-order valence-corrected chi connectivity index (χ2v) is 3.83. The Kier molecular flexibility index (Phi) is 5.00. The first-order valence-corrected chi connectivity index (χ1v) is 5.98. The van der Waals surface area contributed by atoms with Crippen molar-refractivity contribution in [2.75, 3.05) is 7.11 Å². The van der Waals surface area contributed by atoms with Crippen LogP contribution in [0.2, 0.25) is 0 Å². The van der Waals surface area contributed by atoms with Crippen LogP contribution in [-0.2, 0) is 16.5 Å². The predicted octanol–water partition coefficient (Wildman–Crippen LogP) is 2.82. The Hall–Kier alpha value is -1.34. The Morgan fingerprint density at radius 3 is 2.81 bits per heavy atom. The van der Waals surface area contributed by atoms with E-state index in [1.165, 1.54) is 7.11 Å². The molecule has 0 unspecified atom stereocenters. The number of aryl methyl sites for hydroxylation is 1. The largest absolute Gasteiger partial charge is 0.465 e. The molecule has 84 valence electrons. The van der Waals surface area contributed by atoms with E-state index in [4.69, 9.17) is 5.26 Å². The Labute approximate surface area is 103 Å². The summed E-state index contributed by atoms with van der Waals surface area (Å²) in [6.07, 6.45) is 1.19. The van der Waals surface area contributed by atoms with Gasteiger partial charge in [0.15, 0.2) is 0 Å². The van der Waals surface area contributed by atoms with Gasteiger partial charge in [-0.05, 0) is 29.7 Å². The molecule has 1 rings (SSSR count). The number of carbonyl (C=O) groups is 1. The second kappa shape index (κ2) is 6.29. The highest BCUT2D eigenvalue weighted by Crippen LogP contribution is 2.17. The van der Waals surface area contributed by atoms with E-state index >= 15 is 0 Å². The molecule has 16 heavy (non-hydrogen) atoms. The first kappa shape index (κ1) is 12.7. The maximum absolute atomic E-state index is 11.3. The number of methoxy groups -OCH3 is 1. The number of rotatable bonds is 4. The Balaban J connectivity index is 2.98. The van der Waals surface area contributed by atoms with Gasteiger partial charge in [0.05, 0.1) is 18.7 Å². The molecular weight excluding hydrogens is 270 g/mol. The Bertz CT molecular complexity index is 424. The van der Waals surface area contributed by atoms with Crippen LogP contribution in [0.5, 0.6) is 0 Å². The minimum Gasteiger partial charge on any atom is -0.465 e. The molecular formula is C12H12BrNO2. The third kappa shape index (κ3) is 3.07. The molecule has 0 N–H and O–H groups in total. The van der Waals surface area contributed by atoms with Crippen LogP contribution in [0.3, 0.4) is 0 Å². The summed E-state index contributed by atoms with van der Waals surface area (Å²) in [6, 6.07) is 7.51. The second-order valence-electron chi connectivity index (χ2n) is 3.27. The van der Waals surface area contributed by atoms with Crippen molar-refractivity contribution in [2.24, 2.45) is 0 Å². The van der Waals surface area contributed by atoms with Crippen LogP contribution >= 0.6 is 15.9 Å². The average molecular weight is 282 g/mol. The summed E-state index contributed by atoms with van der Waals surface area (Å²) in [6.45, 7) is 0. The number of carbonyl (C=O) groups excluding carboxylic acids is 1. The standard InChI is InChI=1S/C12H12BrNO2/c1-16-12(15)10-5-4-9(3-2-6-14)11(7-10)8-13/h4-5,7H,2-3,8H2,1H3. The van der Waals surface area contributed by atoms with Crippen molar-refractivity contribution in [2.45, 2.75) is 18.2 Å². The molecule has 0 fully saturated rings. The third-order valence-electron chi connectivity index (χ3n) is 2.28. The van der Waals surface area contributed by atoms with Crippen molar-refractivity contribution in [1.82, 2.24) is 0 Å². The summed E-state index contributed by atoms with van der Waals surface area (Å²) in [7, 11) is 1.36. The summed E-state index contributed by atoms with van der Waals surface area (Å²) in [5, 5.41) is 9.20. The Morgan fingerprint density at radius 1 is 1.50 bits per heavy atom. The summed E-state index contributed by atoms with van der Waals surface area (Å²) in [4.78, 5) is 11.3. The van der Waals surface area contributed by atoms with Crippen LogP contribution in [-0.4, -0.2) is 13.1 Å². The number of alkyl halides is 1. The predicted molar refractivity (Wildman–Crippen MR) is 64.3 cm³/mol. The van der Waals surface area contributed by atoms with Crippen molar-refractivity contribution in [3.05, 3.63) is 34.9 Å². The first-order valence-electron chi connectivity index (χ1n) is 4.86. The van der Waals surface area contributed by atoms with Gasteiger partial charge in [-0.25, -0.2) is 4.79 Å². The molecule has 0 radical (unpaired) electrons. The van der Waals surface area contributed by atoms with Crippen LogP contribution in [0.4, 0.5) is 0 Å². The maximum atomic E-state index is 11.3. The Morgan fingerprint density at radius 2 is 2.25 bits per heavy atom. The first-order chi connectivity index (χ1) is 7.72. The third-order valence-corrected chi connectivity index (χ3v) is 2.88. The number of esters is 1. The van der Waals surface area contributed by atoms with Crippen molar-refractivity contribution >= 4 is 21.9 Å². The number of halogens is 1. The van der Waals surface area contributed by atoms with Crippen molar-refractivity contribution < 1.29 is 9.53 Å². The van der Waals surface area contributed by atoms with E-state index in [9.17, 15) is 4.79 Å². The molecule has 0 aliphatic rings. The number of hydrogen-bond donors (Lipinski definition) is 0. The van der Waals surface area contributed by atoms with Gasteiger partial charge in [-0.3, -0.25) is 0 Å². The molecule has 3 nitrogen and oxygen atoms in total. The molecule has 0 aliphatic heterocycles. The van der Waals surface area contributed by atoms with Crippen LogP contribution in [0, 0.1) is 11.3 Å². The molecule has 0 spiro atoms. The molecule has 0 heterocycles. The molecule has 0 aliphatic carbocycles. The number of hydrogen-bond acceptors (Lipinski definition) is 3. The van der Waals surface area contributed by atoms with Crippen LogP contribution in [0.25, 0.3) is 0 Å². The normalized spacial score (nSPS) is 9.56. The maximum Gasteiger partial charge on any atom is 0.337 e. The van der Waals surface area contributed by atoms with Gasteiger partial charge in [-0.1, -0.05) is 22.0 Å². The number of nitrogens with zero attached hydrogens (tertiary/aromatic N) is 1. The fourth-order valence-corrected chi connectivity index (χ4v) is 1.95. The highest BCUT2D eigenvalue weighted by Gasteiger charge is 2.08. The van der Waals surface area contributed by atoms with Crippen molar-refractivity contribution in [3.8, 4) is 6.07 Å². The highest BCUT2D eigenvalue weighted by molar-refractivity contribution is 9.08. The van der Waals surface area contributed by atoms with Crippen LogP contribution in [0.15, 0.2) is 18.2 Å². The van der Waals surface area contributed by atoms with E-state index in [1.54, 1.807) is 12.1 Å². The zero-order valence-electron chi connectivity index (χ0n) is 9.00. The quantitative estimate of drug-likeness (QED) is 0.630. The minimum atomic E-state index is -0.339. The fraction of sp³-hybridized carbons (Fsp3) is 0.333. The molecule has 1 aromatic carbocycles. The molecule has 0 saturated heterocycles. The van der Waals surface area contributed by atoms with Crippen LogP contribution in [0.1, 0.15) is 27.9 Å². The molecule has 0 bridgehead atoms. The van der Waals surface area contributed by atoms with E-state index in [0.29, 0.717) is 23.7 Å². The average Bonchev–Trinajstić information content (AvgIpc) is 2.35. The zero-order chi connectivity index (χ0) is 12.0. The van der Waals surface area contributed by atoms with Gasteiger partial charge >= 0.3 is 5.97 Å².